The zero-order chi connectivity index (χ0) is 15.3. The number of aliphatic carboxylic acids is 1. The number of nitrogens with one attached hydrogen (secondary N) is 1. The Labute approximate surface area is 121 Å². The molecular weight excluding hydrogens is 284 g/mol. The second-order valence-corrected chi connectivity index (χ2v) is 6.63. The predicted molar refractivity (Wildman–Crippen MR) is 75.0 cm³/mol. The number of carboxylic acid groups (broad SMARTS) is 1. The van der Waals surface area contributed by atoms with E-state index >= 15 is 0 Å². The molecular formula is C12H22N2O5S. The summed E-state index contributed by atoms with van der Waals surface area (Å²) in [4.78, 5) is 24.5. The number of nitrogens with zero attached hydrogens (tertiary/aromatic N) is 1. The van der Waals surface area contributed by atoms with Gasteiger partial charge in [0.05, 0.1) is 19.3 Å². The van der Waals surface area contributed by atoms with Crippen LogP contribution in [0.1, 0.15) is 13.3 Å². The molecule has 0 radical (unpaired) electrons. The monoisotopic (exact) mass is 306 g/mol. The number of rotatable bonds is 6. The highest BCUT2D eigenvalue weighted by molar-refractivity contribution is 7.84. The van der Waals surface area contributed by atoms with Gasteiger partial charge in [0, 0.05) is 35.9 Å². The third-order valence-electron chi connectivity index (χ3n) is 3.39. The number of ether oxygens (including phenoxy) is 1. The van der Waals surface area contributed by atoms with Crippen molar-refractivity contribution in [2.75, 3.05) is 32.3 Å². The molecule has 2 N–H and O–H groups in total. The second-order valence-electron chi connectivity index (χ2n) is 5.08. The van der Waals surface area contributed by atoms with Crippen molar-refractivity contribution in [1.82, 2.24) is 10.2 Å². The Morgan fingerprint density at radius 1 is 1.50 bits per heavy atom. The summed E-state index contributed by atoms with van der Waals surface area (Å²) in [5, 5.41) is 11.8. The highest BCUT2D eigenvalue weighted by atomic mass is 32.2. The molecule has 0 saturated carbocycles. The fourth-order valence-electron chi connectivity index (χ4n) is 2.04. The normalized spacial score (nSPS) is 24.9. The Morgan fingerprint density at radius 2 is 2.15 bits per heavy atom. The summed E-state index contributed by atoms with van der Waals surface area (Å²) in [6.07, 6.45) is 2.24. The second kappa shape index (κ2) is 7.58. The molecule has 116 valence electrons. The van der Waals surface area contributed by atoms with Gasteiger partial charge in [-0.3, -0.25) is 9.00 Å². The molecule has 1 saturated heterocycles. The first-order valence-corrected chi connectivity index (χ1v) is 8.19. The van der Waals surface area contributed by atoms with Gasteiger partial charge in [-0.1, -0.05) is 0 Å². The Kier molecular flexibility index (Phi) is 6.41. The summed E-state index contributed by atoms with van der Waals surface area (Å²) in [6, 6.07) is -0.902. The highest BCUT2D eigenvalue weighted by Gasteiger charge is 2.38. The first-order chi connectivity index (χ1) is 9.32. The zero-order valence-electron chi connectivity index (χ0n) is 12.0. The number of likely N-dealkylation sites (N-methyl/N-ethyl adjacent to an activating group) is 1. The van der Waals surface area contributed by atoms with Crippen molar-refractivity contribution in [2.45, 2.75) is 25.4 Å². The van der Waals surface area contributed by atoms with E-state index in [2.05, 4.69) is 5.32 Å². The fourth-order valence-corrected chi connectivity index (χ4v) is 2.72. The Balaban J connectivity index is 2.49. The molecule has 20 heavy (non-hydrogen) atoms. The smallest absolute Gasteiger partial charge is 0.317 e. The lowest BCUT2D eigenvalue weighted by Crippen LogP contribution is -2.50. The molecule has 1 rings (SSSR count). The van der Waals surface area contributed by atoms with Crippen molar-refractivity contribution in [2.24, 2.45) is 5.92 Å². The molecule has 0 aromatic heterocycles. The van der Waals surface area contributed by atoms with E-state index < -0.39 is 28.7 Å². The third-order valence-corrected chi connectivity index (χ3v) is 4.20. The van der Waals surface area contributed by atoms with Gasteiger partial charge >= 0.3 is 12.0 Å². The Hall–Kier alpha value is -1.15. The summed E-state index contributed by atoms with van der Waals surface area (Å²) in [5.74, 6) is -1.12. The van der Waals surface area contributed by atoms with Crippen LogP contribution < -0.4 is 5.32 Å². The van der Waals surface area contributed by atoms with Crippen LogP contribution in [0.15, 0.2) is 0 Å². The van der Waals surface area contributed by atoms with Crippen molar-refractivity contribution in [3.63, 3.8) is 0 Å². The van der Waals surface area contributed by atoms with Gasteiger partial charge in [-0.2, -0.15) is 0 Å². The van der Waals surface area contributed by atoms with Gasteiger partial charge in [-0.05, 0) is 13.3 Å². The van der Waals surface area contributed by atoms with E-state index in [-0.39, 0.29) is 25.3 Å². The molecule has 1 heterocycles. The molecule has 8 heteroatoms. The van der Waals surface area contributed by atoms with Gasteiger partial charge in [-0.25, -0.2) is 4.79 Å². The summed E-state index contributed by atoms with van der Waals surface area (Å²) < 4.78 is 16.1. The first-order valence-electron chi connectivity index (χ1n) is 6.46. The van der Waals surface area contributed by atoms with Crippen LogP contribution in [-0.4, -0.2) is 70.6 Å². The minimum atomic E-state index is -0.957. The molecule has 0 aromatic rings. The molecule has 2 amide bonds. The van der Waals surface area contributed by atoms with E-state index in [0.717, 1.165) is 0 Å². The van der Waals surface area contributed by atoms with Crippen LogP contribution in [0.25, 0.3) is 0 Å². The van der Waals surface area contributed by atoms with E-state index in [1.165, 1.54) is 4.90 Å². The van der Waals surface area contributed by atoms with Crippen molar-refractivity contribution in [1.29, 1.82) is 0 Å². The van der Waals surface area contributed by atoms with Gasteiger partial charge in [-0.15, -0.1) is 0 Å². The van der Waals surface area contributed by atoms with Crippen LogP contribution in [0, 0.1) is 5.92 Å². The minimum absolute atomic E-state index is 0.112. The van der Waals surface area contributed by atoms with E-state index in [1.807, 2.05) is 6.92 Å². The van der Waals surface area contributed by atoms with Crippen LogP contribution in [0.2, 0.25) is 0 Å². The minimum Gasteiger partial charge on any atom is -0.481 e. The number of carbonyl (C=O) groups is 2. The SMILES string of the molecule is CC(CCS(C)=O)NC(=O)N(C)C1COCC1C(=O)O. The van der Waals surface area contributed by atoms with E-state index in [9.17, 15) is 13.8 Å². The van der Waals surface area contributed by atoms with Crippen molar-refractivity contribution in [3.05, 3.63) is 0 Å². The number of amides is 2. The van der Waals surface area contributed by atoms with E-state index in [1.54, 1.807) is 13.3 Å². The maximum Gasteiger partial charge on any atom is 0.317 e. The molecule has 4 atom stereocenters. The number of carbonyl (C=O) groups excluding carboxylic acids is 1. The summed E-state index contributed by atoms with van der Waals surface area (Å²) in [7, 11) is 0.677. The predicted octanol–water partition coefficient (Wildman–Crippen LogP) is -0.115. The maximum atomic E-state index is 12.0. The highest BCUT2D eigenvalue weighted by Crippen LogP contribution is 2.19. The third kappa shape index (κ3) is 4.75. The quantitative estimate of drug-likeness (QED) is 0.713. The van der Waals surface area contributed by atoms with Gasteiger partial charge in [0.1, 0.15) is 5.92 Å². The van der Waals surface area contributed by atoms with Gasteiger partial charge in [0.2, 0.25) is 0 Å². The molecule has 0 spiro atoms. The van der Waals surface area contributed by atoms with Crippen molar-refractivity contribution < 1.29 is 23.6 Å². The van der Waals surface area contributed by atoms with Crippen LogP contribution in [0.3, 0.4) is 0 Å². The molecule has 0 aromatic carbocycles. The topological polar surface area (TPSA) is 95.9 Å². The van der Waals surface area contributed by atoms with Gasteiger partial charge in [0.25, 0.3) is 0 Å². The molecule has 4 unspecified atom stereocenters. The largest absolute Gasteiger partial charge is 0.481 e. The van der Waals surface area contributed by atoms with Crippen molar-refractivity contribution >= 4 is 22.8 Å². The lowest BCUT2D eigenvalue weighted by Gasteiger charge is -2.28. The van der Waals surface area contributed by atoms with Crippen molar-refractivity contribution in [3.8, 4) is 0 Å². The Bertz CT molecular complexity index is 390. The molecule has 7 nitrogen and oxygen atoms in total. The van der Waals surface area contributed by atoms with E-state index in [4.69, 9.17) is 9.84 Å². The lowest BCUT2D eigenvalue weighted by atomic mass is 10.0. The van der Waals surface area contributed by atoms with Crippen LogP contribution in [0.5, 0.6) is 0 Å². The summed E-state index contributed by atoms with van der Waals surface area (Å²) in [5.41, 5.74) is 0. The number of carboxylic acids is 1. The van der Waals surface area contributed by atoms with Crippen LogP contribution >= 0.6 is 0 Å². The average molecular weight is 306 g/mol. The molecule has 0 aliphatic carbocycles. The van der Waals surface area contributed by atoms with Gasteiger partial charge in [0.15, 0.2) is 0 Å². The number of hydrogen-bond acceptors (Lipinski definition) is 4. The maximum absolute atomic E-state index is 12.0. The van der Waals surface area contributed by atoms with Gasteiger partial charge < -0.3 is 20.1 Å². The summed E-state index contributed by atoms with van der Waals surface area (Å²) in [6.45, 7) is 2.19. The average Bonchev–Trinajstić information content (AvgIpc) is 2.84. The molecule has 1 aliphatic rings. The molecule has 1 fully saturated rings. The molecule has 1 aliphatic heterocycles. The summed E-state index contributed by atoms with van der Waals surface area (Å²) >= 11 is 0. The fraction of sp³-hybridized carbons (Fsp3) is 0.833. The zero-order valence-corrected chi connectivity index (χ0v) is 12.8. The first kappa shape index (κ1) is 16.9. The standard InChI is InChI=1S/C12H22N2O5S/c1-8(4-5-20(3)18)13-12(17)14(2)10-7-19-6-9(10)11(15)16/h8-10H,4-7H2,1-3H3,(H,13,17)(H,15,16). The number of hydrogen-bond donors (Lipinski definition) is 2. The number of urea groups is 1. The van der Waals surface area contributed by atoms with Crippen LogP contribution in [0.4, 0.5) is 4.79 Å². The Morgan fingerprint density at radius 3 is 2.70 bits per heavy atom. The molecule has 0 bridgehead atoms. The van der Waals surface area contributed by atoms with E-state index in [0.29, 0.717) is 12.2 Å². The lowest BCUT2D eigenvalue weighted by molar-refractivity contribution is -0.142. The van der Waals surface area contributed by atoms with Crippen LogP contribution in [-0.2, 0) is 20.3 Å².